The van der Waals surface area contributed by atoms with E-state index in [1.165, 1.54) is 12.1 Å². The van der Waals surface area contributed by atoms with Crippen molar-refractivity contribution in [3.63, 3.8) is 0 Å². The van der Waals surface area contributed by atoms with Crippen molar-refractivity contribution in [2.24, 2.45) is 0 Å². The summed E-state index contributed by atoms with van der Waals surface area (Å²) in [5, 5.41) is 8.45. The van der Waals surface area contributed by atoms with Gasteiger partial charge in [0.1, 0.15) is 11.9 Å². The average molecular weight is 538 g/mol. The van der Waals surface area contributed by atoms with Gasteiger partial charge in [0, 0.05) is 40.1 Å². The Bertz CT molecular complexity index is 1200. The average Bonchev–Trinajstić information content (AvgIpc) is 3.20. The zero-order chi connectivity index (χ0) is 26.6. The second-order valence-corrected chi connectivity index (χ2v) is 10.6. The molecule has 3 N–H and O–H groups in total. The van der Waals surface area contributed by atoms with E-state index in [0.717, 1.165) is 42.9 Å². The maximum absolute atomic E-state index is 14.0. The van der Waals surface area contributed by atoms with Crippen molar-refractivity contribution in [1.29, 1.82) is 0 Å². The van der Waals surface area contributed by atoms with Crippen LogP contribution in [0.4, 0.5) is 10.2 Å². The number of aromatic nitrogens is 3. The third kappa shape index (κ3) is 6.48. The predicted octanol–water partition coefficient (Wildman–Crippen LogP) is 5.70. The lowest BCUT2D eigenvalue weighted by Gasteiger charge is -2.28. The number of anilines is 1. The van der Waals surface area contributed by atoms with E-state index in [1.807, 2.05) is 17.8 Å². The summed E-state index contributed by atoms with van der Waals surface area (Å²) in [6, 6.07) is 4.48. The van der Waals surface area contributed by atoms with E-state index in [0.29, 0.717) is 16.3 Å². The lowest BCUT2D eigenvalue weighted by atomic mass is 10.0. The van der Waals surface area contributed by atoms with Crippen LogP contribution in [0.1, 0.15) is 44.6 Å². The first kappa shape index (κ1) is 28.2. The number of pyridine rings is 1. The van der Waals surface area contributed by atoms with Crippen LogP contribution in [-0.2, 0) is 5.54 Å². The van der Waals surface area contributed by atoms with Crippen molar-refractivity contribution < 1.29 is 9.13 Å². The molecule has 2 heterocycles. The van der Waals surface area contributed by atoms with Crippen LogP contribution in [0.2, 0.25) is 10.0 Å². The van der Waals surface area contributed by atoms with Crippen LogP contribution >= 0.6 is 23.2 Å². The van der Waals surface area contributed by atoms with E-state index >= 15 is 0 Å². The molecule has 1 aromatic carbocycles. The molecular weight excluding hydrogens is 502 g/mol. The summed E-state index contributed by atoms with van der Waals surface area (Å²) < 4.78 is 22.1. The van der Waals surface area contributed by atoms with Crippen molar-refractivity contribution in [2.75, 3.05) is 39.5 Å². The quantitative estimate of drug-likeness (QED) is 0.241. The van der Waals surface area contributed by atoms with Crippen LogP contribution in [0, 0.1) is 12.7 Å². The van der Waals surface area contributed by atoms with Crippen molar-refractivity contribution in [3.05, 3.63) is 57.7 Å². The van der Waals surface area contributed by atoms with Crippen LogP contribution < -0.4 is 15.8 Å². The molecule has 3 aromatic rings. The van der Waals surface area contributed by atoms with E-state index in [1.54, 1.807) is 19.2 Å². The fourth-order valence-electron chi connectivity index (χ4n) is 4.15. The molecule has 0 aliphatic carbocycles. The Morgan fingerprint density at radius 2 is 1.97 bits per heavy atom. The predicted molar refractivity (Wildman–Crippen MR) is 145 cm³/mol. The second-order valence-electron chi connectivity index (χ2n) is 9.83. The first-order valence-corrected chi connectivity index (χ1v) is 12.6. The SMILES string of the molecule is Cc1c(-c2cnc(N)c(OC(C)c3c(Cl)ccc(F)c3Cl)c2)cnn1C(C)(C)CNCCCN(C)C. The van der Waals surface area contributed by atoms with Crippen LogP contribution in [0.25, 0.3) is 11.1 Å². The topological polar surface area (TPSA) is 81.2 Å². The highest BCUT2D eigenvalue weighted by atomic mass is 35.5. The van der Waals surface area contributed by atoms with Crippen LogP contribution in [0.5, 0.6) is 5.75 Å². The minimum Gasteiger partial charge on any atom is -0.482 e. The van der Waals surface area contributed by atoms with E-state index in [-0.39, 0.29) is 16.4 Å². The third-order valence-electron chi connectivity index (χ3n) is 6.08. The number of nitrogen functional groups attached to an aromatic ring is 1. The summed E-state index contributed by atoms with van der Waals surface area (Å²) in [7, 11) is 4.15. The van der Waals surface area contributed by atoms with Crippen LogP contribution in [0.15, 0.2) is 30.6 Å². The van der Waals surface area contributed by atoms with Gasteiger partial charge in [-0.25, -0.2) is 9.37 Å². The number of halogens is 3. The lowest BCUT2D eigenvalue weighted by Crippen LogP contribution is -2.40. The molecule has 0 amide bonds. The Morgan fingerprint density at radius 3 is 2.67 bits per heavy atom. The van der Waals surface area contributed by atoms with E-state index < -0.39 is 11.9 Å². The molecule has 0 aliphatic heterocycles. The molecule has 3 rings (SSSR count). The molecule has 10 heteroatoms. The summed E-state index contributed by atoms with van der Waals surface area (Å²) >= 11 is 12.4. The van der Waals surface area contributed by atoms with Gasteiger partial charge in [0.25, 0.3) is 0 Å². The van der Waals surface area contributed by atoms with Crippen molar-refractivity contribution in [2.45, 2.75) is 45.8 Å². The summed E-state index contributed by atoms with van der Waals surface area (Å²) in [4.78, 5) is 6.50. The normalized spacial score (nSPS) is 12.8. The van der Waals surface area contributed by atoms with Gasteiger partial charge in [-0.15, -0.1) is 0 Å². The number of nitrogens with one attached hydrogen (secondary N) is 1. The third-order valence-corrected chi connectivity index (χ3v) is 6.80. The van der Waals surface area contributed by atoms with Gasteiger partial charge in [-0.2, -0.15) is 5.10 Å². The fourth-order valence-corrected chi connectivity index (χ4v) is 4.83. The summed E-state index contributed by atoms with van der Waals surface area (Å²) in [5.74, 6) is -0.00359. The monoisotopic (exact) mass is 536 g/mol. The Kier molecular flexibility index (Phi) is 9.22. The minimum absolute atomic E-state index is 0.0765. The first-order chi connectivity index (χ1) is 16.9. The number of hydrogen-bond acceptors (Lipinski definition) is 6. The number of nitrogens with zero attached hydrogens (tertiary/aromatic N) is 4. The number of benzene rings is 1. The molecule has 0 spiro atoms. The number of nitrogens with two attached hydrogens (primary N) is 1. The van der Waals surface area contributed by atoms with Gasteiger partial charge >= 0.3 is 0 Å². The summed E-state index contributed by atoms with van der Waals surface area (Å²) in [6.07, 6.45) is 3.94. The highest BCUT2D eigenvalue weighted by Crippen LogP contribution is 2.37. The first-order valence-electron chi connectivity index (χ1n) is 11.9. The number of ether oxygens (including phenoxy) is 1. The van der Waals surface area contributed by atoms with Gasteiger partial charge in [0.2, 0.25) is 0 Å². The maximum atomic E-state index is 14.0. The standard InChI is InChI=1S/C26H35Cl2FN6O/c1-16-19(14-33-35(16)26(3,4)15-31-10-7-11-34(5)6)18-12-22(25(30)32-13-18)36-17(2)23-20(27)8-9-21(29)24(23)28/h8-9,12-14,17,31H,7,10-11,15H2,1-6H3,(H2,30,32). The highest BCUT2D eigenvalue weighted by Gasteiger charge is 2.25. The summed E-state index contributed by atoms with van der Waals surface area (Å²) in [5.41, 5.74) is 8.94. The molecule has 0 bridgehead atoms. The molecule has 0 saturated heterocycles. The zero-order valence-corrected chi connectivity index (χ0v) is 23.2. The van der Waals surface area contributed by atoms with Gasteiger partial charge in [0.05, 0.1) is 16.8 Å². The highest BCUT2D eigenvalue weighted by molar-refractivity contribution is 6.36. The fraction of sp³-hybridized carbons (Fsp3) is 0.462. The minimum atomic E-state index is -0.652. The smallest absolute Gasteiger partial charge is 0.166 e. The van der Waals surface area contributed by atoms with Crippen LogP contribution in [0.3, 0.4) is 0 Å². The number of hydrogen-bond donors (Lipinski definition) is 2. The molecule has 7 nitrogen and oxygen atoms in total. The maximum Gasteiger partial charge on any atom is 0.166 e. The lowest BCUT2D eigenvalue weighted by molar-refractivity contribution is 0.227. The molecule has 0 fully saturated rings. The molecule has 36 heavy (non-hydrogen) atoms. The van der Waals surface area contributed by atoms with Gasteiger partial charge in [-0.3, -0.25) is 4.68 Å². The molecular formula is C26H35Cl2FN6O. The van der Waals surface area contributed by atoms with Crippen molar-refractivity contribution in [3.8, 4) is 16.9 Å². The van der Waals surface area contributed by atoms with Gasteiger partial charge in [0.15, 0.2) is 11.6 Å². The Balaban J connectivity index is 1.80. The summed E-state index contributed by atoms with van der Waals surface area (Å²) in [6.45, 7) is 10.8. The Hall–Kier alpha value is -2.39. The Labute approximate surface area is 222 Å². The molecule has 1 atom stereocenters. The molecule has 2 aromatic heterocycles. The van der Waals surface area contributed by atoms with Gasteiger partial charge in [-0.1, -0.05) is 23.2 Å². The molecule has 0 radical (unpaired) electrons. The van der Waals surface area contributed by atoms with Gasteiger partial charge in [-0.05, 0) is 79.5 Å². The van der Waals surface area contributed by atoms with Crippen LogP contribution in [-0.4, -0.2) is 53.4 Å². The molecule has 0 saturated carbocycles. The van der Waals surface area contributed by atoms with E-state index in [9.17, 15) is 4.39 Å². The Morgan fingerprint density at radius 1 is 1.25 bits per heavy atom. The van der Waals surface area contributed by atoms with Gasteiger partial charge < -0.3 is 20.7 Å². The van der Waals surface area contributed by atoms with E-state index in [2.05, 4.69) is 48.2 Å². The largest absolute Gasteiger partial charge is 0.482 e. The van der Waals surface area contributed by atoms with E-state index in [4.69, 9.17) is 33.7 Å². The van der Waals surface area contributed by atoms with Crippen molar-refractivity contribution >= 4 is 29.0 Å². The molecule has 1 unspecified atom stereocenters. The second kappa shape index (κ2) is 11.8. The zero-order valence-electron chi connectivity index (χ0n) is 21.7. The molecule has 0 aliphatic rings. The number of rotatable bonds is 11. The van der Waals surface area contributed by atoms with Crippen molar-refractivity contribution in [1.82, 2.24) is 25.0 Å². The molecule has 196 valence electrons.